The molecule has 1 saturated heterocycles. The fourth-order valence-electron chi connectivity index (χ4n) is 2.57. The Balaban J connectivity index is 2.55. The average molecular weight is 242 g/mol. The van der Waals surface area contributed by atoms with Crippen molar-refractivity contribution in [1.82, 2.24) is 10.2 Å². The van der Waals surface area contributed by atoms with E-state index in [4.69, 9.17) is 0 Å². The molecular formula is C13H26N2O2. The van der Waals surface area contributed by atoms with Gasteiger partial charge in [-0.3, -0.25) is 15.0 Å². The van der Waals surface area contributed by atoms with Crippen LogP contribution in [0.25, 0.3) is 0 Å². The maximum atomic E-state index is 11.3. The minimum Gasteiger partial charge on any atom is -0.480 e. The summed E-state index contributed by atoms with van der Waals surface area (Å²) in [4.78, 5) is 13.7. The van der Waals surface area contributed by atoms with Gasteiger partial charge < -0.3 is 5.11 Å². The molecule has 1 aliphatic rings. The fraction of sp³-hybridized carbons (Fsp3) is 0.923. The molecule has 1 aliphatic heterocycles. The van der Waals surface area contributed by atoms with E-state index in [1.807, 2.05) is 6.92 Å². The summed E-state index contributed by atoms with van der Waals surface area (Å²) in [6, 6.07) is 0.856. The maximum Gasteiger partial charge on any atom is 0.323 e. The van der Waals surface area contributed by atoms with Crippen LogP contribution in [0, 0.1) is 0 Å². The van der Waals surface area contributed by atoms with Gasteiger partial charge in [0.2, 0.25) is 0 Å². The molecule has 4 nitrogen and oxygen atoms in total. The molecule has 0 aromatic heterocycles. The van der Waals surface area contributed by atoms with Crippen molar-refractivity contribution in [3.05, 3.63) is 0 Å². The maximum absolute atomic E-state index is 11.3. The number of nitrogens with zero attached hydrogens (tertiary/aromatic N) is 1. The van der Waals surface area contributed by atoms with Crippen molar-refractivity contribution >= 4 is 5.97 Å². The Kier molecular flexibility index (Phi) is 4.95. The van der Waals surface area contributed by atoms with Crippen LogP contribution >= 0.6 is 0 Å². The molecule has 0 aliphatic carbocycles. The van der Waals surface area contributed by atoms with Crippen LogP contribution in [0.2, 0.25) is 0 Å². The Morgan fingerprint density at radius 2 is 2.24 bits per heavy atom. The molecular weight excluding hydrogens is 216 g/mol. The lowest BCUT2D eigenvalue weighted by Gasteiger charge is -2.30. The van der Waals surface area contributed by atoms with E-state index in [2.05, 4.69) is 24.1 Å². The number of rotatable bonds is 6. The van der Waals surface area contributed by atoms with Gasteiger partial charge >= 0.3 is 5.97 Å². The van der Waals surface area contributed by atoms with Gasteiger partial charge in [-0.2, -0.15) is 0 Å². The molecule has 4 heteroatoms. The highest BCUT2D eigenvalue weighted by Gasteiger charge is 2.36. The summed E-state index contributed by atoms with van der Waals surface area (Å²) in [5, 5.41) is 12.7. The molecule has 1 rings (SSSR count). The number of carbonyl (C=O) groups is 1. The molecule has 2 atom stereocenters. The summed E-state index contributed by atoms with van der Waals surface area (Å²) in [6.45, 7) is 10.2. The Labute approximate surface area is 104 Å². The van der Waals surface area contributed by atoms with Gasteiger partial charge in [0.05, 0.1) is 0 Å². The minimum atomic E-state index is -0.771. The normalized spacial score (nSPS) is 25.1. The zero-order valence-corrected chi connectivity index (χ0v) is 11.5. The van der Waals surface area contributed by atoms with Crippen LogP contribution in [-0.4, -0.2) is 46.7 Å². The fourth-order valence-corrected chi connectivity index (χ4v) is 2.57. The van der Waals surface area contributed by atoms with Crippen LogP contribution in [0.1, 0.15) is 47.0 Å². The molecule has 0 spiro atoms. The average Bonchev–Trinajstić information content (AvgIpc) is 2.66. The number of carboxylic acid groups (broad SMARTS) is 1. The van der Waals surface area contributed by atoms with Gasteiger partial charge in [0.15, 0.2) is 0 Å². The Bertz CT molecular complexity index is 268. The first-order valence-electron chi connectivity index (χ1n) is 6.64. The van der Waals surface area contributed by atoms with Gasteiger partial charge in [-0.25, -0.2) is 0 Å². The summed E-state index contributed by atoms with van der Waals surface area (Å²) in [6.07, 6.45) is 2.61. The van der Waals surface area contributed by atoms with Crippen LogP contribution in [0.15, 0.2) is 0 Å². The molecule has 0 aromatic rings. The molecule has 0 amide bonds. The van der Waals surface area contributed by atoms with Crippen LogP contribution in [0.5, 0.6) is 0 Å². The van der Waals surface area contributed by atoms with Crippen molar-refractivity contribution in [2.24, 2.45) is 0 Å². The number of hydrogen-bond acceptors (Lipinski definition) is 3. The van der Waals surface area contributed by atoms with Crippen molar-refractivity contribution in [1.29, 1.82) is 0 Å². The van der Waals surface area contributed by atoms with Crippen LogP contribution in [-0.2, 0) is 4.79 Å². The highest BCUT2D eigenvalue weighted by atomic mass is 16.4. The SMILES string of the molecule is CCCC(C)(NC1CCN(C(C)C)C1)C(=O)O. The van der Waals surface area contributed by atoms with Gasteiger partial charge in [0.1, 0.15) is 5.54 Å². The molecule has 100 valence electrons. The highest BCUT2D eigenvalue weighted by molar-refractivity contribution is 5.78. The van der Waals surface area contributed by atoms with E-state index < -0.39 is 11.5 Å². The first-order valence-corrected chi connectivity index (χ1v) is 6.64. The van der Waals surface area contributed by atoms with Crippen LogP contribution < -0.4 is 5.32 Å². The van der Waals surface area contributed by atoms with E-state index in [9.17, 15) is 9.90 Å². The van der Waals surface area contributed by atoms with Gasteiger partial charge in [0, 0.05) is 18.6 Å². The minimum absolute atomic E-state index is 0.310. The number of hydrogen-bond donors (Lipinski definition) is 2. The zero-order valence-electron chi connectivity index (χ0n) is 11.5. The van der Waals surface area contributed by atoms with Crippen molar-refractivity contribution in [3.8, 4) is 0 Å². The lowest BCUT2D eigenvalue weighted by Crippen LogP contribution is -2.54. The van der Waals surface area contributed by atoms with Gasteiger partial charge in [-0.05, 0) is 40.2 Å². The van der Waals surface area contributed by atoms with Crippen molar-refractivity contribution < 1.29 is 9.90 Å². The molecule has 2 N–H and O–H groups in total. The molecule has 0 aromatic carbocycles. The molecule has 1 heterocycles. The Morgan fingerprint density at radius 1 is 1.59 bits per heavy atom. The summed E-state index contributed by atoms with van der Waals surface area (Å²) < 4.78 is 0. The first-order chi connectivity index (χ1) is 7.89. The highest BCUT2D eigenvalue weighted by Crippen LogP contribution is 2.19. The number of nitrogens with one attached hydrogen (secondary N) is 1. The summed E-state index contributed by atoms with van der Waals surface area (Å²) >= 11 is 0. The second-order valence-electron chi connectivity index (χ2n) is 5.61. The number of aliphatic carboxylic acids is 1. The monoisotopic (exact) mass is 242 g/mol. The largest absolute Gasteiger partial charge is 0.480 e. The van der Waals surface area contributed by atoms with Crippen LogP contribution in [0.3, 0.4) is 0 Å². The quantitative estimate of drug-likeness (QED) is 0.744. The Hall–Kier alpha value is -0.610. The summed E-state index contributed by atoms with van der Waals surface area (Å²) in [5.41, 5.74) is -0.771. The van der Waals surface area contributed by atoms with Crippen molar-refractivity contribution in [3.63, 3.8) is 0 Å². The number of carboxylic acids is 1. The second-order valence-corrected chi connectivity index (χ2v) is 5.61. The number of likely N-dealkylation sites (tertiary alicyclic amines) is 1. The predicted octanol–water partition coefficient (Wildman–Crippen LogP) is 1.70. The zero-order chi connectivity index (χ0) is 13.1. The molecule has 2 unspecified atom stereocenters. The van der Waals surface area contributed by atoms with E-state index >= 15 is 0 Å². The molecule has 0 radical (unpaired) electrons. The van der Waals surface area contributed by atoms with Crippen LogP contribution in [0.4, 0.5) is 0 Å². The predicted molar refractivity (Wildman–Crippen MR) is 69.2 cm³/mol. The lowest BCUT2D eigenvalue weighted by atomic mass is 9.95. The van der Waals surface area contributed by atoms with E-state index in [1.54, 1.807) is 6.92 Å². The van der Waals surface area contributed by atoms with Gasteiger partial charge in [0.25, 0.3) is 0 Å². The lowest BCUT2D eigenvalue weighted by molar-refractivity contribution is -0.144. The Morgan fingerprint density at radius 3 is 2.65 bits per heavy atom. The molecule has 17 heavy (non-hydrogen) atoms. The third kappa shape index (κ3) is 3.68. The summed E-state index contributed by atoms with van der Waals surface area (Å²) in [7, 11) is 0. The standard InChI is InChI=1S/C13H26N2O2/c1-5-7-13(4,12(16)17)14-11-6-8-15(9-11)10(2)3/h10-11,14H,5-9H2,1-4H3,(H,16,17). The van der Waals surface area contributed by atoms with Crippen molar-refractivity contribution in [2.45, 2.75) is 64.6 Å². The van der Waals surface area contributed by atoms with E-state index in [0.29, 0.717) is 18.5 Å². The van der Waals surface area contributed by atoms with E-state index in [1.165, 1.54) is 0 Å². The third-order valence-electron chi connectivity index (χ3n) is 3.69. The topological polar surface area (TPSA) is 52.6 Å². The summed E-state index contributed by atoms with van der Waals surface area (Å²) in [5.74, 6) is -0.734. The first kappa shape index (κ1) is 14.5. The molecule has 0 bridgehead atoms. The third-order valence-corrected chi connectivity index (χ3v) is 3.69. The van der Waals surface area contributed by atoms with Gasteiger partial charge in [-0.15, -0.1) is 0 Å². The second kappa shape index (κ2) is 5.83. The van der Waals surface area contributed by atoms with Crippen molar-refractivity contribution in [2.75, 3.05) is 13.1 Å². The van der Waals surface area contributed by atoms with Gasteiger partial charge in [-0.1, -0.05) is 13.3 Å². The molecule has 0 saturated carbocycles. The van der Waals surface area contributed by atoms with E-state index in [0.717, 1.165) is 25.9 Å². The van der Waals surface area contributed by atoms with E-state index in [-0.39, 0.29) is 0 Å². The smallest absolute Gasteiger partial charge is 0.323 e. The molecule has 1 fully saturated rings.